The zero-order chi connectivity index (χ0) is 11.7. The quantitative estimate of drug-likeness (QED) is 0.791. The number of rotatable bonds is 2. The third-order valence-electron chi connectivity index (χ3n) is 2.40. The van der Waals surface area contributed by atoms with E-state index < -0.39 is 14.2 Å². The van der Waals surface area contributed by atoms with E-state index in [1.807, 2.05) is 30.3 Å². The summed E-state index contributed by atoms with van der Waals surface area (Å²) >= 11 is -1.76. The van der Waals surface area contributed by atoms with Gasteiger partial charge >= 0.3 is 109 Å². The molecule has 0 radical (unpaired) electrons. The predicted molar refractivity (Wildman–Crippen MR) is 70.5 cm³/mol. The van der Waals surface area contributed by atoms with Crippen LogP contribution >= 0.6 is 10.0 Å². The molecule has 3 rings (SSSR count). The van der Waals surface area contributed by atoms with E-state index in [-0.39, 0.29) is 0 Å². The van der Waals surface area contributed by atoms with Crippen molar-refractivity contribution in [3.8, 4) is 11.5 Å². The maximum absolute atomic E-state index is 5.90. The normalized spacial score (nSPS) is 17.4. The maximum atomic E-state index is 5.90. The van der Waals surface area contributed by atoms with E-state index in [9.17, 15) is 0 Å². The first kappa shape index (κ1) is 11.1. The van der Waals surface area contributed by atoms with E-state index in [1.165, 1.54) is 10.5 Å². The Bertz CT molecular complexity index is 502. The summed E-state index contributed by atoms with van der Waals surface area (Å²) in [6, 6.07) is 16.2. The van der Waals surface area contributed by atoms with E-state index in [0.717, 1.165) is 11.5 Å². The van der Waals surface area contributed by atoms with Crippen molar-refractivity contribution < 1.29 is 7.45 Å². The van der Waals surface area contributed by atoms with Crippen molar-refractivity contribution in [3.05, 3.63) is 54.1 Å². The number of benzene rings is 2. The van der Waals surface area contributed by atoms with Gasteiger partial charge in [0.1, 0.15) is 0 Å². The molecule has 2 aromatic rings. The molecule has 0 bridgehead atoms. The summed E-state index contributed by atoms with van der Waals surface area (Å²) < 4.78 is 11.7. The number of para-hydroxylation sites is 1. The Kier molecular flexibility index (Phi) is 3.04. The molecule has 17 heavy (non-hydrogen) atoms. The van der Waals surface area contributed by atoms with Crippen molar-refractivity contribution in [2.45, 2.75) is 11.8 Å². The Morgan fingerprint density at radius 1 is 1.06 bits per heavy atom. The van der Waals surface area contributed by atoms with Gasteiger partial charge in [-0.1, -0.05) is 0 Å². The average molecular weight is 306 g/mol. The van der Waals surface area contributed by atoms with Gasteiger partial charge in [-0.15, -0.1) is 0 Å². The van der Waals surface area contributed by atoms with Crippen molar-refractivity contribution in [1.82, 2.24) is 0 Å². The van der Waals surface area contributed by atoms with Gasteiger partial charge in [-0.2, -0.15) is 0 Å². The van der Waals surface area contributed by atoms with Gasteiger partial charge in [-0.05, 0) is 0 Å². The molecule has 0 N–H and O–H groups in total. The molecule has 0 saturated carbocycles. The minimum atomic E-state index is -1.76. The molecule has 0 aromatic heterocycles. The molecule has 0 spiro atoms. The molecule has 2 aromatic carbocycles. The van der Waals surface area contributed by atoms with Gasteiger partial charge in [0.25, 0.3) is 0 Å². The van der Waals surface area contributed by atoms with Gasteiger partial charge in [0.05, 0.1) is 0 Å². The second-order valence-electron chi connectivity index (χ2n) is 3.76. The van der Waals surface area contributed by atoms with E-state index in [0.29, 0.717) is 0 Å². The number of aryl methyl sites for hydroxylation is 1. The standard InChI is InChI=1S/C13H11AsO2S/c1-10-6-8-11(9-7-10)15-14-16-12-4-2-3-5-13(12)17-14/h2-9H,1H3. The van der Waals surface area contributed by atoms with Gasteiger partial charge < -0.3 is 0 Å². The van der Waals surface area contributed by atoms with Crippen LogP contribution in [0.1, 0.15) is 5.56 Å². The number of hydrogen-bond acceptors (Lipinski definition) is 3. The number of hydrogen-bond donors (Lipinski definition) is 0. The predicted octanol–water partition coefficient (Wildman–Crippen LogP) is 3.54. The van der Waals surface area contributed by atoms with Crippen LogP contribution in [-0.4, -0.2) is 14.2 Å². The molecule has 0 fully saturated rings. The van der Waals surface area contributed by atoms with Crippen molar-refractivity contribution in [2.24, 2.45) is 0 Å². The summed E-state index contributed by atoms with van der Waals surface area (Å²) in [6.07, 6.45) is 0. The summed E-state index contributed by atoms with van der Waals surface area (Å²) in [7, 11) is 1.74. The van der Waals surface area contributed by atoms with Crippen LogP contribution in [0.15, 0.2) is 53.4 Å². The molecule has 0 saturated heterocycles. The molecular weight excluding hydrogens is 295 g/mol. The minimum absolute atomic E-state index is 0.899. The molecule has 0 amide bonds. The van der Waals surface area contributed by atoms with E-state index in [2.05, 4.69) is 25.1 Å². The van der Waals surface area contributed by atoms with Crippen LogP contribution in [0.25, 0.3) is 0 Å². The van der Waals surface area contributed by atoms with Crippen LogP contribution in [0.4, 0.5) is 0 Å². The Labute approximate surface area is 109 Å². The zero-order valence-electron chi connectivity index (χ0n) is 9.29. The molecule has 1 aliphatic heterocycles. The monoisotopic (exact) mass is 306 g/mol. The first-order valence-corrected chi connectivity index (χ1v) is 9.91. The van der Waals surface area contributed by atoms with Gasteiger partial charge in [0, 0.05) is 0 Å². The summed E-state index contributed by atoms with van der Waals surface area (Å²) in [5.74, 6) is 1.86. The summed E-state index contributed by atoms with van der Waals surface area (Å²) in [5, 5.41) is 0. The fourth-order valence-corrected chi connectivity index (χ4v) is 6.87. The van der Waals surface area contributed by atoms with Gasteiger partial charge in [0.2, 0.25) is 0 Å². The Morgan fingerprint density at radius 3 is 2.59 bits per heavy atom. The first-order valence-electron chi connectivity index (χ1n) is 5.31. The van der Waals surface area contributed by atoms with Crippen LogP contribution in [0, 0.1) is 6.92 Å². The van der Waals surface area contributed by atoms with E-state index in [4.69, 9.17) is 7.45 Å². The Hall–Kier alpha value is -1.05. The fourth-order valence-electron chi connectivity index (χ4n) is 1.50. The third kappa shape index (κ3) is 2.46. The molecule has 1 heterocycles. The Balaban J connectivity index is 1.71. The Morgan fingerprint density at radius 2 is 1.82 bits per heavy atom. The van der Waals surface area contributed by atoms with Crippen LogP contribution in [0.5, 0.6) is 11.5 Å². The topological polar surface area (TPSA) is 18.5 Å². The van der Waals surface area contributed by atoms with Crippen LogP contribution in [-0.2, 0) is 0 Å². The van der Waals surface area contributed by atoms with Gasteiger partial charge in [-0.25, -0.2) is 0 Å². The molecule has 1 atom stereocenters. The van der Waals surface area contributed by atoms with Crippen LogP contribution in [0.2, 0.25) is 0 Å². The molecule has 4 heteroatoms. The summed E-state index contributed by atoms with van der Waals surface area (Å²) in [6.45, 7) is 2.07. The fraction of sp³-hybridized carbons (Fsp3) is 0.0769. The second-order valence-corrected chi connectivity index (χ2v) is 8.78. The average Bonchev–Trinajstić information content (AvgIpc) is 2.74. The zero-order valence-corrected chi connectivity index (χ0v) is 12.0. The van der Waals surface area contributed by atoms with E-state index in [1.54, 1.807) is 10.0 Å². The van der Waals surface area contributed by atoms with Gasteiger partial charge in [-0.3, -0.25) is 0 Å². The van der Waals surface area contributed by atoms with Crippen LogP contribution in [0.3, 0.4) is 0 Å². The molecule has 2 nitrogen and oxygen atoms in total. The van der Waals surface area contributed by atoms with E-state index >= 15 is 0 Å². The first-order chi connectivity index (χ1) is 8.31. The summed E-state index contributed by atoms with van der Waals surface area (Å²) in [5.41, 5.74) is 1.24. The van der Waals surface area contributed by atoms with Crippen molar-refractivity contribution >= 4 is 24.2 Å². The van der Waals surface area contributed by atoms with Crippen molar-refractivity contribution in [2.75, 3.05) is 0 Å². The third-order valence-corrected chi connectivity index (χ3v) is 7.51. The number of fused-ring (bicyclic) bond motifs is 1. The molecule has 1 unspecified atom stereocenters. The van der Waals surface area contributed by atoms with Gasteiger partial charge in [0.15, 0.2) is 0 Å². The SMILES string of the molecule is Cc1ccc(O[As]2Oc3ccccc3S2)cc1. The molecule has 0 aliphatic carbocycles. The summed E-state index contributed by atoms with van der Waals surface area (Å²) in [4.78, 5) is 1.19. The van der Waals surface area contributed by atoms with Crippen LogP contribution < -0.4 is 7.45 Å². The van der Waals surface area contributed by atoms with Crippen molar-refractivity contribution in [1.29, 1.82) is 0 Å². The second kappa shape index (κ2) is 4.67. The molecule has 86 valence electrons. The molecular formula is C13H11AsO2S. The molecule has 1 aliphatic rings. The van der Waals surface area contributed by atoms with Crippen molar-refractivity contribution in [3.63, 3.8) is 0 Å².